The SMILES string of the molecule is CC(C)N(C(=O)CSc1nc2c(n1/N=C/c1ccc(F)cc1)CCCC2)c1ccccc1. The Morgan fingerprint density at radius 2 is 1.88 bits per heavy atom. The molecule has 5 nitrogen and oxygen atoms in total. The summed E-state index contributed by atoms with van der Waals surface area (Å²) in [5.74, 6) is 0.0333. The lowest BCUT2D eigenvalue weighted by atomic mass is 10.0. The standard InChI is InChI=1S/C25H27FN4OS/c1-18(2)29(21-8-4-3-5-9-21)24(31)17-32-25-28-22-10-6-7-11-23(22)30(25)27-16-19-12-14-20(26)15-13-19/h3-5,8-9,12-16,18H,6-7,10-11,17H2,1-2H3/b27-16+. The zero-order valence-electron chi connectivity index (χ0n) is 18.4. The number of thioether (sulfide) groups is 1. The first-order chi connectivity index (χ1) is 15.5. The fourth-order valence-electron chi connectivity index (χ4n) is 3.90. The quantitative estimate of drug-likeness (QED) is 0.362. The molecule has 0 spiro atoms. The molecule has 32 heavy (non-hydrogen) atoms. The molecule has 0 saturated carbocycles. The number of carbonyl (C=O) groups is 1. The van der Waals surface area contributed by atoms with E-state index in [0.29, 0.717) is 0 Å². The number of halogens is 1. The number of anilines is 1. The molecule has 166 valence electrons. The number of rotatable bonds is 7. The molecule has 0 unspecified atom stereocenters. The average Bonchev–Trinajstić information content (AvgIpc) is 3.15. The molecular formula is C25H27FN4OS. The van der Waals surface area contributed by atoms with Crippen LogP contribution in [0.5, 0.6) is 0 Å². The second-order valence-electron chi connectivity index (χ2n) is 8.08. The maximum atomic E-state index is 13.2. The van der Waals surface area contributed by atoms with Gasteiger partial charge in [-0.2, -0.15) is 5.10 Å². The smallest absolute Gasteiger partial charge is 0.237 e. The van der Waals surface area contributed by atoms with E-state index in [1.165, 1.54) is 23.9 Å². The molecule has 1 amide bonds. The van der Waals surface area contributed by atoms with Gasteiger partial charge in [-0.1, -0.05) is 42.1 Å². The lowest BCUT2D eigenvalue weighted by molar-refractivity contribution is -0.116. The van der Waals surface area contributed by atoms with E-state index in [1.807, 2.05) is 53.8 Å². The van der Waals surface area contributed by atoms with Gasteiger partial charge in [0.15, 0.2) is 5.16 Å². The number of benzene rings is 2. The predicted octanol–water partition coefficient (Wildman–Crippen LogP) is 5.32. The number of fused-ring (bicyclic) bond motifs is 1. The summed E-state index contributed by atoms with van der Waals surface area (Å²) in [6.07, 6.45) is 5.77. The lowest BCUT2D eigenvalue weighted by Crippen LogP contribution is -2.38. The van der Waals surface area contributed by atoms with E-state index in [-0.39, 0.29) is 23.5 Å². The minimum absolute atomic E-state index is 0.0336. The monoisotopic (exact) mass is 450 g/mol. The molecule has 0 bridgehead atoms. The van der Waals surface area contributed by atoms with E-state index in [0.717, 1.165) is 53.5 Å². The van der Waals surface area contributed by atoms with Crippen molar-refractivity contribution >= 4 is 29.6 Å². The summed E-state index contributed by atoms with van der Waals surface area (Å²) >= 11 is 1.41. The molecule has 1 heterocycles. The maximum absolute atomic E-state index is 13.2. The Morgan fingerprint density at radius 1 is 1.16 bits per heavy atom. The zero-order valence-corrected chi connectivity index (χ0v) is 19.2. The van der Waals surface area contributed by atoms with Gasteiger partial charge in [0.1, 0.15) is 5.82 Å². The van der Waals surface area contributed by atoms with Crippen molar-refractivity contribution < 1.29 is 9.18 Å². The Labute approximate surface area is 192 Å². The van der Waals surface area contributed by atoms with Gasteiger partial charge in [0.2, 0.25) is 5.91 Å². The molecule has 7 heteroatoms. The second-order valence-corrected chi connectivity index (χ2v) is 9.03. The Balaban J connectivity index is 1.56. The van der Waals surface area contributed by atoms with Crippen LogP contribution in [0.3, 0.4) is 0 Å². The minimum Gasteiger partial charge on any atom is -0.309 e. The average molecular weight is 451 g/mol. The number of imidazole rings is 1. The van der Waals surface area contributed by atoms with Crippen LogP contribution < -0.4 is 4.90 Å². The maximum Gasteiger partial charge on any atom is 0.237 e. The van der Waals surface area contributed by atoms with Crippen LogP contribution in [0, 0.1) is 5.82 Å². The highest BCUT2D eigenvalue weighted by atomic mass is 32.2. The molecular weight excluding hydrogens is 423 g/mol. The lowest BCUT2D eigenvalue weighted by Gasteiger charge is -2.26. The number of hydrogen-bond acceptors (Lipinski definition) is 4. The second kappa shape index (κ2) is 10.1. The zero-order chi connectivity index (χ0) is 22.5. The van der Waals surface area contributed by atoms with Crippen molar-refractivity contribution in [1.82, 2.24) is 9.66 Å². The Bertz CT molecular complexity index is 1090. The van der Waals surface area contributed by atoms with Crippen LogP contribution in [0.15, 0.2) is 64.9 Å². The molecule has 0 saturated heterocycles. The molecule has 4 rings (SSSR count). The van der Waals surface area contributed by atoms with Crippen molar-refractivity contribution in [2.24, 2.45) is 5.10 Å². The van der Waals surface area contributed by atoms with Gasteiger partial charge in [0.05, 0.1) is 23.4 Å². The van der Waals surface area contributed by atoms with Crippen LogP contribution in [0.4, 0.5) is 10.1 Å². The topological polar surface area (TPSA) is 50.5 Å². The van der Waals surface area contributed by atoms with Gasteiger partial charge in [-0.15, -0.1) is 0 Å². The molecule has 0 fully saturated rings. The van der Waals surface area contributed by atoms with E-state index >= 15 is 0 Å². The van der Waals surface area contributed by atoms with E-state index in [4.69, 9.17) is 4.98 Å². The fraction of sp³-hybridized carbons (Fsp3) is 0.320. The minimum atomic E-state index is -0.273. The molecule has 1 aliphatic rings. The van der Waals surface area contributed by atoms with Crippen LogP contribution in [-0.4, -0.2) is 33.6 Å². The summed E-state index contributed by atoms with van der Waals surface area (Å²) in [7, 11) is 0. The summed E-state index contributed by atoms with van der Waals surface area (Å²) in [5, 5.41) is 5.38. The summed E-state index contributed by atoms with van der Waals surface area (Å²) in [6.45, 7) is 4.03. The molecule has 2 aromatic carbocycles. The van der Waals surface area contributed by atoms with Gasteiger partial charge in [-0.25, -0.2) is 14.1 Å². The molecule has 1 aliphatic carbocycles. The summed E-state index contributed by atoms with van der Waals surface area (Å²) < 4.78 is 15.1. The van der Waals surface area contributed by atoms with Crippen molar-refractivity contribution in [3.05, 3.63) is 77.4 Å². The van der Waals surface area contributed by atoms with Crippen molar-refractivity contribution in [2.75, 3.05) is 10.7 Å². The third kappa shape index (κ3) is 5.10. The molecule has 0 N–H and O–H groups in total. The van der Waals surface area contributed by atoms with Crippen molar-refractivity contribution in [2.45, 2.75) is 50.7 Å². The first-order valence-corrected chi connectivity index (χ1v) is 11.9. The van der Waals surface area contributed by atoms with Crippen molar-refractivity contribution in [1.29, 1.82) is 0 Å². The van der Waals surface area contributed by atoms with Crippen molar-refractivity contribution in [3.63, 3.8) is 0 Å². The molecule has 0 radical (unpaired) electrons. The fourth-order valence-corrected chi connectivity index (χ4v) is 4.75. The number of aryl methyl sites for hydroxylation is 1. The summed E-state index contributed by atoms with van der Waals surface area (Å²) in [6, 6.07) is 16.0. The Hall–Kier alpha value is -2.93. The Kier molecular flexibility index (Phi) is 7.05. The predicted molar refractivity (Wildman–Crippen MR) is 128 cm³/mol. The molecule has 0 aliphatic heterocycles. The van der Waals surface area contributed by atoms with Gasteiger partial charge in [0.25, 0.3) is 0 Å². The number of hydrogen-bond donors (Lipinski definition) is 0. The van der Waals surface area contributed by atoms with Gasteiger partial charge >= 0.3 is 0 Å². The van der Waals surface area contributed by atoms with Crippen LogP contribution >= 0.6 is 11.8 Å². The first kappa shape index (κ1) is 22.3. The number of nitrogens with zero attached hydrogens (tertiary/aromatic N) is 4. The third-order valence-corrected chi connectivity index (χ3v) is 6.33. The van der Waals surface area contributed by atoms with E-state index in [1.54, 1.807) is 18.3 Å². The number of para-hydroxylation sites is 1. The van der Waals surface area contributed by atoms with Crippen molar-refractivity contribution in [3.8, 4) is 0 Å². The third-order valence-electron chi connectivity index (χ3n) is 5.41. The number of carbonyl (C=O) groups excluding carboxylic acids is 1. The molecule has 1 aromatic heterocycles. The van der Waals surface area contributed by atoms with E-state index in [9.17, 15) is 9.18 Å². The highest BCUT2D eigenvalue weighted by Crippen LogP contribution is 2.28. The van der Waals surface area contributed by atoms with Gasteiger partial charge < -0.3 is 4.90 Å². The number of aromatic nitrogens is 2. The normalized spacial score (nSPS) is 13.5. The Morgan fingerprint density at radius 3 is 2.59 bits per heavy atom. The van der Waals surface area contributed by atoms with Gasteiger partial charge in [0, 0.05) is 11.7 Å². The van der Waals surface area contributed by atoms with Crippen LogP contribution in [0.1, 0.15) is 43.6 Å². The van der Waals surface area contributed by atoms with Gasteiger partial charge in [-0.3, -0.25) is 4.79 Å². The largest absolute Gasteiger partial charge is 0.309 e. The molecule has 0 atom stereocenters. The van der Waals surface area contributed by atoms with Crippen LogP contribution in [0.25, 0.3) is 0 Å². The number of amides is 1. The molecule has 3 aromatic rings. The highest BCUT2D eigenvalue weighted by molar-refractivity contribution is 7.99. The van der Waals surface area contributed by atoms with E-state index < -0.39 is 0 Å². The summed E-state index contributed by atoms with van der Waals surface area (Å²) in [5.41, 5.74) is 3.87. The van der Waals surface area contributed by atoms with Gasteiger partial charge in [-0.05, 0) is 69.4 Å². The first-order valence-electron chi connectivity index (χ1n) is 10.9. The summed E-state index contributed by atoms with van der Waals surface area (Å²) in [4.78, 5) is 19.7. The van der Waals surface area contributed by atoms with E-state index in [2.05, 4.69) is 5.10 Å². The van der Waals surface area contributed by atoms with Crippen LogP contribution in [0.2, 0.25) is 0 Å². The highest BCUT2D eigenvalue weighted by Gasteiger charge is 2.23. The van der Waals surface area contributed by atoms with Crippen LogP contribution in [-0.2, 0) is 17.6 Å².